The normalized spacial score (nSPS) is 34.6. The van der Waals surface area contributed by atoms with Crippen molar-refractivity contribution < 1.29 is 23.8 Å². The summed E-state index contributed by atoms with van der Waals surface area (Å²) in [5.41, 5.74) is 0. The summed E-state index contributed by atoms with van der Waals surface area (Å²) >= 11 is 0. The van der Waals surface area contributed by atoms with Gasteiger partial charge in [-0.3, -0.25) is 4.79 Å². The predicted molar refractivity (Wildman–Crippen MR) is 35.9 cm³/mol. The lowest BCUT2D eigenvalue weighted by atomic mass is 9.85. The van der Waals surface area contributed by atoms with E-state index in [9.17, 15) is 13.6 Å². The van der Waals surface area contributed by atoms with Crippen molar-refractivity contribution in [3.8, 4) is 0 Å². The molecule has 2 atom stereocenters. The second kappa shape index (κ2) is 2.97. The molecule has 0 radical (unpaired) electrons. The number of aliphatic hydroxyl groups excluding tert-OH is 1. The van der Waals surface area contributed by atoms with Gasteiger partial charge in [-0.05, 0) is 12.8 Å². The first-order chi connectivity index (χ1) is 5.43. The molecule has 0 aliphatic heterocycles. The summed E-state index contributed by atoms with van der Waals surface area (Å²) in [5, 5.41) is 17.2. The minimum Gasteiger partial charge on any atom is -0.481 e. The maximum atomic E-state index is 12.7. The van der Waals surface area contributed by atoms with Crippen LogP contribution in [0.1, 0.15) is 19.3 Å². The third-order valence-electron chi connectivity index (χ3n) is 2.14. The molecule has 1 fully saturated rings. The van der Waals surface area contributed by atoms with Crippen LogP contribution in [-0.4, -0.2) is 28.2 Å². The van der Waals surface area contributed by atoms with Crippen LogP contribution < -0.4 is 0 Å². The third kappa shape index (κ3) is 1.72. The Morgan fingerprint density at radius 2 is 2.00 bits per heavy atom. The molecular weight excluding hydrogens is 170 g/mol. The van der Waals surface area contributed by atoms with Crippen molar-refractivity contribution in [3.63, 3.8) is 0 Å². The van der Waals surface area contributed by atoms with Crippen LogP contribution in [0.3, 0.4) is 0 Å². The molecule has 0 aromatic rings. The Kier molecular flexibility index (Phi) is 2.32. The number of carboxylic acids is 1. The zero-order valence-corrected chi connectivity index (χ0v) is 6.33. The molecule has 0 heterocycles. The van der Waals surface area contributed by atoms with E-state index in [0.29, 0.717) is 0 Å². The number of aliphatic hydroxyl groups is 1. The molecule has 0 amide bonds. The van der Waals surface area contributed by atoms with E-state index < -0.39 is 30.3 Å². The molecule has 2 unspecified atom stereocenters. The fraction of sp³-hybridized carbons (Fsp3) is 0.857. The lowest BCUT2D eigenvalue weighted by Crippen LogP contribution is -2.41. The third-order valence-corrected chi connectivity index (χ3v) is 2.14. The Labute approximate surface area is 68.0 Å². The van der Waals surface area contributed by atoms with Gasteiger partial charge in [-0.1, -0.05) is 0 Å². The first-order valence-corrected chi connectivity index (χ1v) is 3.72. The molecule has 1 rings (SSSR count). The average Bonchev–Trinajstić information content (AvgIpc) is 1.94. The number of rotatable bonds is 1. The quantitative estimate of drug-likeness (QED) is 0.629. The van der Waals surface area contributed by atoms with Crippen LogP contribution in [0.15, 0.2) is 0 Å². The highest BCUT2D eigenvalue weighted by Gasteiger charge is 2.46. The van der Waals surface area contributed by atoms with Crippen molar-refractivity contribution in [2.75, 3.05) is 0 Å². The maximum absolute atomic E-state index is 12.7. The van der Waals surface area contributed by atoms with Gasteiger partial charge in [0.25, 0.3) is 5.92 Å². The zero-order chi connectivity index (χ0) is 9.35. The van der Waals surface area contributed by atoms with Gasteiger partial charge >= 0.3 is 5.97 Å². The van der Waals surface area contributed by atoms with Crippen molar-refractivity contribution in [1.29, 1.82) is 0 Å². The van der Waals surface area contributed by atoms with Gasteiger partial charge < -0.3 is 10.2 Å². The summed E-state index contributed by atoms with van der Waals surface area (Å²) < 4.78 is 25.4. The molecule has 0 spiro atoms. The first kappa shape index (κ1) is 9.38. The summed E-state index contributed by atoms with van der Waals surface area (Å²) in [7, 11) is 0. The van der Waals surface area contributed by atoms with Gasteiger partial charge in [0.2, 0.25) is 0 Å². The lowest BCUT2D eigenvalue weighted by Gasteiger charge is -2.30. The van der Waals surface area contributed by atoms with Gasteiger partial charge in [0.15, 0.2) is 0 Å². The molecule has 1 aliphatic carbocycles. The van der Waals surface area contributed by atoms with Crippen LogP contribution in [0.5, 0.6) is 0 Å². The van der Waals surface area contributed by atoms with Gasteiger partial charge in [-0.2, -0.15) is 0 Å². The van der Waals surface area contributed by atoms with Crippen LogP contribution in [0.4, 0.5) is 8.78 Å². The van der Waals surface area contributed by atoms with Crippen LogP contribution in [0.25, 0.3) is 0 Å². The first-order valence-electron chi connectivity index (χ1n) is 3.72. The fourth-order valence-electron chi connectivity index (χ4n) is 1.35. The molecule has 70 valence electrons. The van der Waals surface area contributed by atoms with Crippen LogP contribution in [0.2, 0.25) is 0 Å². The van der Waals surface area contributed by atoms with E-state index in [1.54, 1.807) is 0 Å². The average molecular weight is 180 g/mol. The largest absolute Gasteiger partial charge is 0.481 e. The van der Waals surface area contributed by atoms with Crippen molar-refractivity contribution in [1.82, 2.24) is 0 Å². The van der Waals surface area contributed by atoms with E-state index in [1.807, 2.05) is 0 Å². The molecule has 12 heavy (non-hydrogen) atoms. The van der Waals surface area contributed by atoms with Crippen molar-refractivity contribution in [2.24, 2.45) is 5.92 Å². The molecule has 0 aromatic heterocycles. The second-order valence-corrected chi connectivity index (χ2v) is 3.09. The number of carboxylic acid groups (broad SMARTS) is 1. The highest BCUT2D eigenvalue weighted by Crippen LogP contribution is 2.36. The predicted octanol–water partition coefficient (Wildman–Crippen LogP) is 0.867. The van der Waals surface area contributed by atoms with Gasteiger partial charge in [-0.15, -0.1) is 0 Å². The fourth-order valence-corrected chi connectivity index (χ4v) is 1.35. The number of aliphatic carboxylic acids is 1. The Bertz CT molecular complexity index is 193. The van der Waals surface area contributed by atoms with Gasteiger partial charge in [0.05, 0.1) is 5.92 Å². The van der Waals surface area contributed by atoms with Crippen molar-refractivity contribution in [2.45, 2.75) is 31.3 Å². The smallest absolute Gasteiger partial charge is 0.306 e. The van der Waals surface area contributed by atoms with E-state index in [1.165, 1.54) is 0 Å². The zero-order valence-electron chi connectivity index (χ0n) is 6.33. The molecule has 3 nitrogen and oxygen atoms in total. The lowest BCUT2D eigenvalue weighted by molar-refractivity contribution is -0.165. The molecule has 0 saturated heterocycles. The monoisotopic (exact) mass is 180 g/mol. The minimum absolute atomic E-state index is 0.131. The van der Waals surface area contributed by atoms with E-state index in [0.717, 1.165) is 0 Å². The summed E-state index contributed by atoms with van der Waals surface area (Å²) in [6.07, 6.45) is -2.42. The molecule has 1 saturated carbocycles. The highest BCUT2D eigenvalue weighted by atomic mass is 19.3. The number of alkyl halides is 2. The summed E-state index contributed by atoms with van der Waals surface area (Å²) in [4.78, 5) is 10.3. The van der Waals surface area contributed by atoms with E-state index >= 15 is 0 Å². The second-order valence-electron chi connectivity index (χ2n) is 3.09. The van der Waals surface area contributed by atoms with Crippen LogP contribution >= 0.6 is 0 Å². The molecule has 0 bridgehead atoms. The highest BCUT2D eigenvalue weighted by molar-refractivity contribution is 5.70. The Hall–Kier alpha value is -0.710. The number of hydrogen-bond donors (Lipinski definition) is 2. The molecular formula is C7H10F2O3. The molecule has 5 heteroatoms. The van der Waals surface area contributed by atoms with Gasteiger partial charge in [-0.25, -0.2) is 8.78 Å². The number of halogens is 2. The Balaban J connectivity index is 2.63. The van der Waals surface area contributed by atoms with Crippen LogP contribution in [0, 0.1) is 5.92 Å². The van der Waals surface area contributed by atoms with E-state index in [4.69, 9.17) is 10.2 Å². The topological polar surface area (TPSA) is 57.5 Å². The minimum atomic E-state index is -3.23. The molecule has 0 aromatic carbocycles. The van der Waals surface area contributed by atoms with E-state index in [2.05, 4.69) is 0 Å². The summed E-state index contributed by atoms with van der Waals surface area (Å²) in [6.45, 7) is 0. The van der Waals surface area contributed by atoms with E-state index in [-0.39, 0.29) is 12.8 Å². The molecule has 2 N–H and O–H groups in total. The van der Waals surface area contributed by atoms with Crippen LogP contribution in [-0.2, 0) is 4.79 Å². The van der Waals surface area contributed by atoms with Gasteiger partial charge in [0.1, 0.15) is 6.10 Å². The Morgan fingerprint density at radius 3 is 2.42 bits per heavy atom. The van der Waals surface area contributed by atoms with Crippen molar-refractivity contribution >= 4 is 5.97 Å². The molecule has 1 aliphatic rings. The summed E-state index contributed by atoms with van der Waals surface area (Å²) in [6, 6.07) is 0. The number of hydrogen-bond acceptors (Lipinski definition) is 2. The number of carbonyl (C=O) groups is 1. The maximum Gasteiger partial charge on any atom is 0.306 e. The standard InChI is InChI=1S/C7H10F2O3/c8-7(9)3-4(6(11)12)1-2-5(7)10/h4-5,10H,1-3H2,(H,11,12). The summed E-state index contributed by atoms with van der Waals surface area (Å²) in [5.74, 6) is -5.45. The van der Waals surface area contributed by atoms with Gasteiger partial charge in [0, 0.05) is 6.42 Å². The van der Waals surface area contributed by atoms with Crippen molar-refractivity contribution in [3.05, 3.63) is 0 Å². The SMILES string of the molecule is O=C(O)C1CCC(O)C(F)(F)C1. The Morgan fingerprint density at radius 1 is 1.42 bits per heavy atom.